The lowest BCUT2D eigenvalue weighted by molar-refractivity contribution is 0.878. The number of nitrogens with one attached hydrogen (secondary N) is 1. The predicted octanol–water partition coefficient (Wildman–Crippen LogP) is 3.50. The standard InChI is InChI=1S/C21H17ClN8OS/c1-12-3-2-4-16(9-12)29-18(13-5-7-14(22)8-6-13)26-27-21(29)32-11-15-10-17(31)30-20(24-15)25-19(23)28-30/h2-10H,11H2,1H3,(H3,23,24,25,28). The molecule has 11 heteroatoms. The van der Waals surface area contributed by atoms with Gasteiger partial charge >= 0.3 is 0 Å². The first-order valence-corrected chi connectivity index (χ1v) is 11.0. The number of halogens is 1. The summed E-state index contributed by atoms with van der Waals surface area (Å²) in [5, 5.41) is 12.8. The summed E-state index contributed by atoms with van der Waals surface area (Å²) in [5.41, 5.74) is 8.87. The Morgan fingerprint density at radius 2 is 1.91 bits per heavy atom. The van der Waals surface area contributed by atoms with Crippen LogP contribution in [0.5, 0.6) is 0 Å². The second kappa shape index (κ2) is 8.13. The number of hydrogen-bond acceptors (Lipinski definition) is 7. The fourth-order valence-electron chi connectivity index (χ4n) is 3.31. The third-order valence-corrected chi connectivity index (χ3v) is 5.96. The van der Waals surface area contributed by atoms with Crippen molar-refractivity contribution in [2.45, 2.75) is 17.8 Å². The molecule has 2 aromatic carbocycles. The molecule has 5 rings (SSSR count). The third kappa shape index (κ3) is 3.85. The maximum atomic E-state index is 12.3. The molecule has 5 aromatic rings. The lowest BCUT2D eigenvalue weighted by Crippen LogP contribution is -2.15. The number of aromatic amines is 1. The largest absolute Gasteiger partial charge is 0.368 e. The molecule has 3 aromatic heterocycles. The maximum Gasteiger partial charge on any atom is 0.274 e. The molecule has 0 unspecified atom stereocenters. The molecule has 0 aliphatic rings. The Kier molecular flexibility index (Phi) is 5.16. The van der Waals surface area contributed by atoms with Gasteiger partial charge in [-0.15, -0.1) is 10.2 Å². The third-order valence-electron chi connectivity index (χ3n) is 4.75. The van der Waals surface area contributed by atoms with E-state index in [0.29, 0.717) is 27.5 Å². The van der Waals surface area contributed by atoms with Crippen molar-refractivity contribution in [1.29, 1.82) is 0 Å². The van der Waals surface area contributed by atoms with Gasteiger partial charge in [0, 0.05) is 28.1 Å². The molecule has 3 heterocycles. The zero-order valence-corrected chi connectivity index (χ0v) is 18.4. The predicted molar refractivity (Wildman–Crippen MR) is 124 cm³/mol. The van der Waals surface area contributed by atoms with E-state index in [-0.39, 0.29) is 17.3 Å². The summed E-state index contributed by atoms with van der Waals surface area (Å²) in [6.45, 7) is 2.03. The van der Waals surface area contributed by atoms with Crippen molar-refractivity contribution < 1.29 is 0 Å². The molecular weight excluding hydrogens is 448 g/mol. The number of hydrogen-bond donors (Lipinski definition) is 2. The SMILES string of the molecule is Cc1cccc(-n2c(SCc3cc(=O)n4[nH]c(N)nc4n3)nnc2-c2ccc(Cl)cc2)c1. The fourth-order valence-corrected chi connectivity index (χ4v) is 4.28. The van der Waals surface area contributed by atoms with E-state index in [4.69, 9.17) is 17.3 Å². The van der Waals surface area contributed by atoms with Gasteiger partial charge in [-0.25, -0.2) is 4.98 Å². The van der Waals surface area contributed by atoms with E-state index in [2.05, 4.69) is 31.3 Å². The highest BCUT2D eigenvalue weighted by atomic mass is 35.5. The van der Waals surface area contributed by atoms with E-state index in [1.165, 1.54) is 22.3 Å². The van der Waals surface area contributed by atoms with Gasteiger partial charge in [0.1, 0.15) is 0 Å². The molecule has 0 atom stereocenters. The van der Waals surface area contributed by atoms with Crippen LogP contribution in [-0.2, 0) is 5.75 Å². The van der Waals surface area contributed by atoms with Gasteiger partial charge in [0.05, 0.1) is 5.69 Å². The van der Waals surface area contributed by atoms with Crippen LogP contribution in [0.1, 0.15) is 11.3 Å². The summed E-state index contributed by atoms with van der Waals surface area (Å²) < 4.78 is 3.19. The number of aryl methyl sites for hydroxylation is 1. The summed E-state index contributed by atoms with van der Waals surface area (Å²) in [5.74, 6) is 1.46. The Bertz CT molecular complexity index is 1490. The first-order chi connectivity index (χ1) is 15.5. The van der Waals surface area contributed by atoms with E-state index < -0.39 is 0 Å². The number of aromatic nitrogens is 7. The summed E-state index contributed by atoms with van der Waals surface area (Å²) >= 11 is 7.49. The van der Waals surface area contributed by atoms with Gasteiger partial charge < -0.3 is 5.73 Å². The van der Waals surface area contributed by atoms with Gasteiger partial charge in [0.2, 0.25) is 5.95 Å². The van der Waals surface area contributed by atoms with Crippen LogP contribution in [0.4, 0.5) is 5.95 Å². The molecule has 160 valence electrons. The van der Waals surface area contributed by atoms with Crippen LogP contribution in [0.2, 0.25) is 5.02 Å². The fraction of sp³-hybridized carbons (Fsp3) is 0.0952. The van der Waals surface area contributed by atoms with Crippen LogP contribution >= 0.6 is 23.4 Å². The van der Waals surface area contributed by atoms with Crippen molar-refractivity contribution in [3.8, 4) is 17.1 Å². The Hall–Kier alpha value is -3.63. The van der Waals surface area contributed by atoms with Gasteiger partial charge in [-0.05, 0) is 48.9 Å². The molecule has 0 spiro atoms. The number of nitrogens with two attached hydrogens (primary N) is 1. The molecule has 0 saturated heterocycles. The second-order valence-electron chi connectivity index (χ2n) is 7.11. The van der Waals surface area contributed by atoms with Crippen molar-refractivity contribution in [2.75, 3.05) is 5.73 Å². The Balaban J connectivity index is 1.54. The van der Waals surface area contributed by atoms with Crippen molar-refractivity contribution in [3.05, 3.63) is 81.2 Å². The highest BCUT2D eigenvalue weighted by Crippen LogP contribution is 2.30. The molecule has 0 amide bonds. The van der Waals surface area contributed by atoms with Crippen molar-refractivity contribution in [2.24, 2.45) is 0 Å². The number of fused-ring (bicyclic) bond motifs is 1. The second-order valence-corrected chi connectivity index (χ2v) is 8.49. The smallest absolute Gasteiger partial charge is 0.274 e. The number of nitrogens with zero attached hydrogens (tertiary/aromatic N) is 6. The summed E-state index contributed by atoms with van der Waals surface area (Å²) in [4.78, 5) is 20.8. The zero-order valence-electron chi connectivity index (χ0n) is 16.9. The van der Waals surface area contributed by atoms with Crippen LogP contribution in [0.25, 0.3) is 22.9 Å². The average Bonchev–Trinajstić information content (AvgIpc) is 3.36. The average molecular weight is 465 g/mol. The minimum atomic E-state index is -0.281. The molecule has 0 aliphatic carbocycles. The van der Waals surface area contributed by atoms with Crippen molar-refractivity contribution in [3.63, 3.8) is 0 Å². The zero-order chi connectivity index (χ0) is 22.2. The molecule has 32 heavy (non-hydrogen) atoms. The lowest BCUT2D eigenvalue weighted by atomic mass is 10.2. The van der Waals surface area contributed by atoms with Crippen LogP contribution in [0.15, 0.2) is 64.5 Å². The first-order valence-electron chi connectivity index (χ1n) is 9.63. The van der Waals surface area contributed by atoms with E-state index in [1.807, 2.05) is 54.0 Å². The topological polar surface area (TPSA) is 120 Å². The minimum absolute atomic E-state index is 0.131. The van der Waals surface area contributed by atoms with E-state index in [1.54, 1.807) is 0 Å². The van der Waals surface area contributed by atoms with E-state index >= 15 is 0 Å². The molecular formula is C21H17ClN8OS. The quantitative estimate of drug-likeness (QED) is 0.382. The molecule has 0 bridgehead atoms. The van der Waals surface area contributed by atoms with Crippen LogP contribution < -0.4 is 11.3 Å². The van der Waals surface area contributed by atoms with E-state index in [9.17, 15) is 4.79 Å². The number of nitrogen functional groups attached to an aromatic ring is 1. The minimum Gasteiger partial charge on any atom is -0.368 e. The number of thioether (sulfide) groups is 1. The van der Waals surface area contributed by atoms with Crippen LogP contribution in [0.3, 0.4) is 0 Å². The van der Waals surface area contributed by atoms with Gasteiger partial charge in [0.15, 0.2) is 11.0 Å². The Labute approximate surface area is 191 Å². The molecule has 3 N–H and O–H groups in total. The van der Waals surface area contributed by atoms with Crippen molar-refractivity contribution >= 4 is 35.1 Å². The maximum absolute atomic E-state index is 12.3. The van der Waals surface area contributed by atoms with Gasteiger partial charge in [-0.3, -0.25) is 14.5 Å². The summed E-state index contributed by atoms with van der Waals surface area (Å²) in [6.07, 6.45) is 0. The highest BCUT2D eigenvalue weighted by Gasteiger charge is 2.17. The van der Waals surface area contributed by atoms with Crippen molar-refractivity contribution in [1.82, 2.24) is 34.3 Å². The Morgan fingerprint density at radius 3 is 2.69 bits per heavy atom. The summed E-state index contributed by atoms with van der Waals surface area (Å²) in [7, 11) is 0. The number of rotatable bonds is 5. The summed E-state index contributed by atoms with van der Waals surface area (Å²) in [6, 6.07) is 17.0. The lowest BCUT2D eigenvalue weighted by Gasteiger charge is -2.11. The first kappa shape index (κ1) is 20.3. The normalized spacial score (nSPS) is 11.3. The molecule has 9 nitrogen and oxygen atoms in total. The molecule has 0 aliphatic heterocycles. The number of H-pyrrole nitrogens is 1. The monoisotopic (exact) mass is 464 g/mol. The highest BCUT2D eigenvalue weighted by molar-refractivity contribution is 7.98. The van der Waals surface area contributed by atoms with Crippen LogP contribution in [0, 0.1) is 6.92 Å². The van der Waals surface area contributed by atoms with Crippen LogP contribution in [-0.4, -0.2) is 34.3 Å². The number of anilines is 1. The molecule has 0 fully saturated rings. The number of benzene rings is 2. The van der Waals surface area contributed by atoms with E-state index in [0.717, 1.165) is 16.8 Å². The molecule has 0 radical (unpaired) electrons. The Morgan fingerprint density at radius 1 is 1.09 bits per heavy atom. The van der Waals surface area contributed by atoms with Gasteiger partial charge in [-0.1, -0.05) is 35.5 Å². The molecule has 0 saturated carbocycles. The van der Waals surface area contributed by atoms with Gasteiger partial charge in [-0.2, -0.15) is 9.50 Å². The van der Waals surface area contributed by atoms with Gasteiger partial charge in [0.25, 0.3) is 11.3 Å².